The molecule has 1 aromatic carbocycles. The molecule has 0 amide bonds. The molecule has 2 aromatic heterocycles. The Labute approximate surface area is 189 Å². The van der Waals surface area contributed by atoms with Crippen molar-refractivity contribution < 1.29 is 31.8 Å². The van der Waals surface area contributed by atoms with Crippen LogP contribution in [0.25, 0.3) is 17.1 Å². The van der Waals surface area contributed by atoms with E-state index >= 15 is 0 Å². The molecular formula is C22H23F3N3O4P. The van der Waals surface area contributed by atoms with Crippen LogP contribution in [0.4, 0.5) is 13.2 Å². The van der Waals surface area contributed by atoms with E-state index in [0.717, 1.165) is 6.20 Å². The summed E-state index contributed by atoms with van der Waals surface area (Å²) in [5, 5.41) is 3.77. The van der Waals surface area contributed by atoms with Crippen LogP contribution in [0, 0.1) is 0 Å². The Kier molecular flexibility index (Phi) is 7.39. The summed E-state index contributed by atoms with van der Waals surface area (Å²) in [6.07, 6.45) is -3.91. The van der Waals surface area contributed by atoms with Crippen molar-refractivity contribution in [3.63, 3.8) is 0 Å². The van der Waals surface area contributed by atoms with Crippen molar-refractivity contribution in [3.05, 3.63) is 65.5 Å². The van der Waals surface area contributed by atoms with Gasteiger partial charge in [0.15, 0.2) is 11.5 Å². The van der Waals surface area contributed by atoms with Gasteiger partial charge >= 0.3 is 12.1 Å². The van der Waals surface area contributed by atoms with Crippen molar-refractivity contribution in [1.29, 1.82) is 0 Å². The molecule has 1 atom stereocenters. The molecule has 0 radical (unpaired) electrons. The zero-order valence-corrected chi connectivity index (χ0v) is 19.2. The highest BCUT2D eigenvalue weighted by Gasteiger charge is 2.41. The fourth-order valence-electron chi connectivity index (χ4n) is 3.38. The normalized spacial score (nSPS) is 13.5. The van der Waals surface area contributed by atoms with Crippen molar-refractivity contribution >= 4 is 13.3 Å². The average Bonchev–Trinajstić information content (AvgIpc) is 3.20. The number of carbonyl (C=O) groups is 1. The van der Waals surface area contributed by atoms with Gasteiger partial charge in [-0.25, -0.2) is 14.5 Å². The highest BCUT2D eigenvalue weighted by atomic mass is 31.2. The molecule has 2 heterocycles. The van der Waals surface area contributed by atoms with Crippen LogP contribution in [-0.2, 0) is 26.2 Å². The Balaban J connectivity index is 2.09. The minimum atomic E-state index is -4.87. The number of aromatic nitrogens is 3. The minimum absolute atomic E-state index is 0.0745. The van der Waals surface area contributed by atoms with Crippen molar-refractivity contribution in [1.82, 2.24) is 14.8 Å². The lowest BCUT2D eigenvalue weighted by Crippen LogP contribution is -2.19. The zero-order valence-electron chi connectivity index (χ0n) is 18.3. The van der Waals surface area contributed by atoms with Gasteiger partial charge in [-0.2, -0.15) is 18.3 Å². The third-order valence-electron chi connectivity index (χ3n) is 4.64. The minimum Gasteiger partial charge on any atom is -0.462 e. The fraction of sp³-hybridized carbons (Fsp3) is 0.318. The second-order valence-electron chi connectivity index (χ2n) is 7.17. The molecule has 0 saturated heterocycles. The van der Waals surface area contributed by atoms with Gasteiger partial charge in [-0.3, -0.25) is 4.57 Å². The van der Waals surface area contributed by atoms with Crippen LogP contribution in [-0.4, -0.2) is 40.6 Å². The Morgan fingerprint density at radius 2 is 1.82 bits per heavy atom. The summed E-state index contributed by atoms with van der Waals surface area (Å²) in [5.74, 6) is -1.25. The van der Waals surface area contributed by atoms with Crippen LogP contribution >= 0.6 is 7.37 Å². The van der Waals surface area contributed by atoms with Gasteiger partial charge in [0, 0.05) is 12.2 Å². The molecule has 3 aromatic rings. The number of hydrogen-bond donors (Lipinski definition) is 0. The first-order valence-corrected chi connectivity index (χ1v) is 12.4. The molecular weight excluding hydrogens is 458 g/mol. The smallest absolute Gasteiger partial charge is 0.434 e. The zero-order chi connectivity index (χ0) is 24.2. The van der Waals surface area contributed by atoms with Crippen molar-refractivity contribution in [2.24, 2.45) is 0 Å². The number of ether oxygens (including phenoxy) is 1. The maximum Gasteiger partial charge on any atom is 0.434 e. The van der Waals surface area contributed by atoms with Crippen LogP contribution in [0.2, 0.25) is 0 Å². The van der Waals surface area contributed by atoms with Crippen LogP contribution in [0.5, 0.6) is 0 Å². The summed E-state index contributed by atoms with van der Waals surface area (Å²) in [6, 6.07) is 11.6. The Morgan fingerprint density at radius 3 is 2.48 bits per heavy atom. The van der Waals surface area contributed by atoms with Crippen molar-refractivity contribution in [3.8, 4) is 17.1 Å². The first-order valence-electron chi connectivity index (χ1n) is 10.2. The van der Waals surface area contributed by atoms with Crippen LogP contribution < -0.4 is 0 Å². The molecule has 0 aliphatic carbocycles. The summed E-state index contributed by atoms with van der Waals surface area (Å²) in [7, 11) is -2.92. The number of carbonyl (C=O) groups excluding carboxylic acids is 1. The second-order valence-corrected chi connectivity index (χ2v) is 9.77. The third-order valence-corrected chi connectivity index (χ3v) is 6.36. The highest BCUT2D eigenvalue weighted by molar-refractivity contribution is 7.57. The Morgan fingerprint density at radius 1 is 1.09 bits per heavy atom. The number of hydrogen-bond acceptors (Lipinski definition) is 6. The standard InChI is InChI=1S/C22H23F3N3O4P/c1-4-31-21(29)17-13-26-28(20(17)22(23,24)25)19-12-8-11-18(27-19)16-10-7-6-9-15(16)14-33(3,30)32-5-2/h6-13H,4-5,14H2,1-3H3. The summed E-state index contributed by atoms with van der Waals surface area (Å²) in [4.78, 5) is 16.4. The summed E-state index contributed by atoms with van der Waals surface area (Å²) in [5.41, 5.74) is -0.313. The SMILES string of the molecule is CCOC(=O)c1cnn(-c2cccc(-c3ccccc3CP(C)(=O)OCC)n2)c1C(F)(F)F. The van der Waals surface area contributed by atoms with E-state index in [0.29, 0.717) is 28.1 Å². The Bertz CT molecular complexity index is 1190. The quantitative estimate of drug-likeness (QED) is 0.309. The number of pyridine rings is 1. The van der Waals surface area contributed by atoms with Gasteiger partial charge in [-0.05, 0) is 31.5 Å². The molecule has 3 rings (SSSR count). The van der Waals surface area contributed by atoms with Crippen LogP contribution in [0.15, 0.2) is 48.7 Å². The van der Waals surface area contributed by atoms with Gasteiger partial charge in [0.05, 0.1) is 31.3 Å². The summed E-state index contributed by atoms with van der Waals surface area (Å²) >= 11 is 0. The first kappa shape index (κ1) is 24.7. The van der Waals surface area contributed by atoms with Crippen molar-refractivity contribution in [2.75, 3.05) is 19.9 Å². The first-order chi connectivity index (χ1) is 15.6. The maximum absolute atomic E-state index is 13.8. The fourth-order valence-corrected chi connectivity index (χ4v) is 4.91. The molecule has 0 aliphatic rings. The maximum atomic E-state index is 13.8. The molecule has 33 heavy (non-hydrogen) atoms. The number of rotatable bonds is 8. The van der Waals surface area contributed by atoms with Gasteiger partial charge in [0.25, 0.3) is 0 Å². The van der Waals surface area contributed by atoms with Gasteiger partial charge in [-0.15, -0.1) is 0 Å². The van der Waals surface area contributed by atoms with E-state index in [2.05, 4.69) is 10.1 Å². The molecule has 7 nitrogen and oxygen atoms in total. The van der Waals surface area contributed by atoms with E-state index in [9.17, 15) is 22.5 Å². The van der Waals surface area contributed by atoms with E-state index in [1.165, 1.54) is 25.7 Å². The topological polar surface area (TPSA) is 83.3 Å². The lowest BCUT2D eigenvalue weighted by Gasteiger charge is -2.16. The molecule has 0 fully saturated rings. The molecule has 0 spiro atoms. The number of alkyl halides is 3. The van der Waals surface area contributed by atoms with E-state index in [1.54, 1.807) is 37.3 Å². The monoisotopic (exact) mass is 481 g/mol. The molecule has 1 unspecified atom stereocenters. The molecule has 176 valence electrons. The van der Waals surface area contributed by atoms with Crippen LogP contribution in [0.3, 0.4) is 0 Å². The molecule has 0 aliphatic heterocycles. The highest BCUT2D eigenvalue weighted by Crippen LogP contribution is 2.47. The largest absolute Gasteiger partial charge is 0.462 e. The van der Waals surface area contributed by atoms with E-state index < -0.39 is 30.8 Å². The number of nitrogens with zero attached hydrogens (tertiary/aromatic N) is 3. The third kappa shape index (κ3) is 5.69. The predicted octanol–water partition coefficient (Wildman–Crippen LogP) is 5.57. The van der Waals surface area contributed by atoms with Gasteiger partial charge < -0.3 is 9.26 Å². The molecule has 0 N–H and O–H groups in total. The lowest BCUT2D eigenvalue weighted by molar-refractivity contribution is -0.143. The second kappa shape index (κ2) is 9.89. The number of esters is 1. The average molecular weight is 481 g/mol. The number of halogens is 3. The van der Waals surface area contributed by atoms with Gasteiger partial charge in [0.2, 0.25) is 7.37 Å². The van der Waals surface area contributed by atoms with Crippen LogP contribution in [0.1, 0.15) is 35.5 Å². The molecule has 0 saturated carbocycles. The summed E-state index contributed by atoms with van der Waals surface area (Å²) in [6.45, 7) is 5.01. The van der Waals surface area contributed by atoms with Gasteiger partial charge in [0.1, 0.15) is 5.56 Å². The molecule has 11 heteroatoms. The van der Waals surface area contributed by atoms with Gasteiger partial charge in [-0.1, -0.05) is 30.3 Å². The lowest BCUT2D eigenvalue weighted by atomic mass is 10.1. The van der Waals surface area contributed by atoms with E-state index in [4.69, 9.17) is 9.26 Å². The van der Waals surface area contributed by atoms with E-state index in [1.807, 2.05) is 0 Å². The summed E-state index contributed by atoms with van der Waals surface area (Å²) < 4.78 is 64.9. The number of benzene rings is 1. The molecule has 0 bridgehead atoms. The van der Waals surface area contributed by atoms with E-state index in [-0.39, 0.29) is 18.6 Å². The van der Waals surface area contributed by atoms with Crippen molar-refractivity contribution in [2.45, 2.75) is 26.2 Å². The predicted molar refractivity (Wildman–Crippen MR) is 117 cm³/mol. The Hall–Kier alpha value is -2.97.